The van der Waals surface area contributed by atoms with Crippen molar-refractivity contribution in [3.8, 4) is 0 Å². The number of carbonyl (C=O) groups excluding carboxylic acids is 1. The van der Waals surface area contributed by atoms with E-state index in [0.29, 0.717) is 12.1 Å². The van der Waals surface area contributed by atoms with Gasteiger partial charge in [0, 0.05) is 20.2 Å². The van der Waals surface area contributed by atoms with Gasteiger partial charge in [-0.15, -0.1) is 0 Å². The summed E-state index contributed by atoms with van der Waals surface area (Å²) in [6.07, 6.45) is 0. The zero-order chi connectivity index (χ0) is 12.5. The molecule has 1 aromatic carbocycles. The van der Waals surface area contributed by atoms with Crippen LogP contribution in [0.2, 0.25) is 0 Å². The fourth-order valence-corrected chi connectivity index (χ4v) is 1.10. The Hall–Kier alpha value is -2.05. The van der Waals surface area contributed by atoms with Crippen molar-refractivity contribution in [1.82, 2.24) is 4.90 Å². The van der Waals surface area contributed by atoms with Gasteiger partial charge < -0.3 is 4.90 Å². The second kappa shape index (κ2) is 4.21. The third-order valence-electron chi connectivity index (χ3n) is 1.89. The standard InChI is InChI=1S/C9H8F2N2O3/c1-12(2)9(14)7-5(10)3-4-6(8(7)11)13(15)16/h3-4H,1-2H3. The Balaban J connectivity index is 3.43. The maximum Gasteiger partial charge on any atom is 0.305 e. The average Bonchev–Trinajstić information content (AvgIpc) is 2.16. The molecule has 0 aliphatic rings. The van der Waals surface area contributed by atoms with Crippen LogP contribution >= 0.6 is 0 Å². The van der Waals surface area contributed by atoms with Crippen LogP contribution in [0, 0.1) is 21.7 Å². The van der Waals surface area contributed by atoms with E-state index >= 15 is 0 Å². The van der Waals surface area contributed by atoms with Gasteiger partial charge in [0.15, 0.2) is 0 Å². The highest BCUT2D eigenvalue weighted by Gasteiger charge is 2.26. The molecule has 16 heavy (non-hydrogen) atoms. The van der Waals surface area contributed by atoms with E-state index in [1.165, 1.54) is 14.1 Å². The van der Waals surface area contributed by atoms with Crippen molar-refractivity contribution in [3.63, 3.8) is 0 Å². The first kappa shape index (κ1) is 12.0. The van der Waals surface area contributed by atoms with Crippen LogP contribution in [0.4, 0.5) is 14.5 Å². The number of hydrogen-bond donors (Lipinski definition) is 0. The molecule has 0 heterocycles. The van der Waals surface area contributed by atoms with Crippen LogP contribution in [0.1, 0.15) is 10.4 Å². The zero-order valence-electron chi connectivity index (χ0n) is 8.53. The predicted molar refractivity (Wildman–Crippen MR) is 51.0 cm³/mol. The van der Waals surface area contributed by atoms with Gasteiger partial charge in [0.2, 0.25) is 5.82 Å². The Morgan fingerprint density at radius 3 is 2.38 bits per heavy atom. The van der Waals surface area contributed by atoms with E-state index in [9.17, 15) is 23.7 Å². The van der Waals surface area contributed by atoms with Gasteiger partial charge in [0.05, 0.1) is 4.92 Å². The summed E-state index contributed by atoms with van der Waals surface area (Å²) in [6, 6.07) is 1.37. The molecule has 0 saturated carbocycles. The Kier molecular flexibility index (Phi) is 3.17. The van der Waals surface area contributed by atoms with E-state index in [-0.39, 0.29) is 0 Å². The second-order valence-corrected chi connectivity index (χ2v) is 3.21. The van der Waals surface area contributed by atoms with Gasteiger partial charge >= 0.3 is 5.69 Å². The lowest BCUT2D eigenvalue weighted by atomic mass is 10.1. The van der Waals surface area contributed by atoms with Gasteiger partial charge in [-0.25, -0.2) is 4.39 Å². The molecule has 86 valence electrons. The van der Waals surface area contributed by atoms with Gasteiger partial charge in [-0.05, 0) is 6.07 Å². The van der Waals surface area contributed by atoms with Crippen molar-refractivity contribution in [2.45, 2.75) is 0 Å². The molecule has 1 aromatic rings. The maximum atomic E-state index is 13.5. The van der Waals surface area contributed by atoms with Crippen LogP contribution in [-0.2, 0) is 0 Å². The third-order valence-corrected chi connectivity index (χ3v) is 1.89. The van der Waals surface area contributed by atoms with Crippen LogP contribution in [-0.4, -0.2) is 29.8 Å². The van der Waals surface area contributed by atoms with Crippen LogP contribution < -0.4 is 0 Å². The Morgan fingerprint density at radius 2 is 1.94 bits per heavy atom. The molecular formula is C9H8F2N2O3. The van der Waals surface area contributed by atoms with Crippen LogP contribution in [0.5, 0.6) is 0 Å². The Labute approximate surface area is 89.4 Å². The fourth-order valence-electron chi connectivity index (χ4n) is 1.10. The van der Waals surface area contributed by atoms with Crippen molar-refractivity contribution < 1.29 is 18.5 Å². The first-order chi connectivity index (χ1) is 7.36. The summed E-state index contributed by atoms with van der Waals surface area (Å²) in [5, 5.41) is 10.4. The lowest BCUT2D eigenvalue weighted by Crippen LogP contribution is -2.24. The Morgan fingerprint density at radius 1 is 1.38 bits per heavy atom. The SMILES string of the molecule is CN(C)C(=O)c1c(F)ccc([N+](=O)[O-])c1F. The summed E-state index contributed by atoms with van der Waals surface area (Å²) in [6.45, 7) is 0. The van der Waals surface area contributed by atoms with Crippen molar-refractivity contribution in [1.29, 1.82) is 0 Å². The Bertz CT molecular complexity index is 460. The molecule has 0 fully saturated rings. The number of rotatable bonds is 2. The molecule has 0 N–H and O–H groups in total. The van der Waals surface area contributed by atoms with Crippen molar-refractivity contribution in [2.24, 2.45) is 0 Å². The van der Waals surface area contributed by atoms with Crippen LogP contribution in [0.3, 0.4) is 0 Å². The molecular weight excluding hydrogens is 222 g/mol. The smallest absolute Gasteiger partial charge is 0.305 e. The van der Waals surface area contributed by atoms with Crippen molar-refractivity contribution in [3.05, 3.63) is 39.4 Å². The summed E-state index contributed by atoms with van der Waals surface area (Å²) < 4.78 is 26.7. The van der Waals surface area contributed by atoms with Gasteiger partial charge in [0.25, 0.3) is 5.91 Å². The number of nitro groups is 1. The minimum absolute atomic E-state index is 0.678. The fraction of sp³-hybridized carbons (Fsp3) is 0.222. The summed E-state index contributed by atoms with van der Waals surface area (Å²) in [4.78, 5) is 21.7. The van der Waals surface area contributed by atoms with Gasteiger partial charge in [0.1, 0.15) is 11.4 Å². The van der Waals surface area contributed by atoms with Gasteiger partial charge in [-0.2, -0.15) is 4.39 Å². The summed E-state index contributed by atoms with van der Waals surface area (Å²) in [5.41, 5.74) is -1.84. The zero-order valence-corrected chi connectivity index (χ0v) is 8.53. The lowest BCUT2D eigenvalue weighted by molar-refractivity contribution is -0.387. The molecule has 1 rings (SSSR count). The summed E-state index contributed by atoms with van der Waals surface area (Å²) in [5.74, 6) is -3.54. The molecule has 0 bridgehead atoms. The third kappa shape index (κ3) is 1.97. The summed E-state index contributed by atoms with van der Waals surface area (Å²) in [7, 11) is 2.58. The molecule has 5 nitrogen and oxygen atoms in total. The van der Waals surface area contributed by atoms with E-state index in [1.807, 2.05) is 0 Å². The predicted octanol–water partition coefficient (Wildman–Crippen LogP) is 1.57. The molecule has 0 atom stereocenters. The molecule has 0 spiro atoms. The molecule has 0 saturated heterocycles. The number of carbonyl (C=O) groups is 1. The molecule has 0 aliphatic carbocycles. The number of amides is 1. The van der Waals surface area contributed by atoms with E-state index in [4.69, 9.17) is 0 Å². The first-order valence-corrected chi connectivity index (χ1v) is 4.20. The van der Waals surface area contributed by atoms with Gasteiger partial charge in [-0.1, -0.05) is 0 Å². The summed E-state index contributed by atoms with van der Waals surface area (Å²) >= 11 is 0. The quantitative estimate of drug-likeness (QED) is 0.572. The number of hydrogen-bond acceptors (Lipinski definition) is 3. The highest BCUT2D eigenvalue weighted by Crippen LogP contribution is 2.23. The van der Waals surface area contributed by atoms with E-state index in [1.54, 1.807) is 0 Å². The minimum atomic E-state index is -1.45. The molecule has 7 heteroatoms. The second-order valence-electron chi connectivity index (χ2n) is 3.21. The topological polar surface area (TPSA) is 63.5 Å². The van der Waals surface area contributed by atoms with Crippen LogP contribution in [0.15, 0.2) is 12.1 Å². The lowest BCUT2D eigenvalue weighted by Gasteiger charge is -2.11. The molecule has 0 aliphatic heterocycles. The number of nitro benzene ring substituents is 1. The first-order valence-electron chi connectivity index (χ1n) is 4.20. The average molecular weight is 230 g/mol. The number of benzene rings is 1. The van der Waals surface area contributed by atoms with Crippen molar-refractivity contribution in [2.75, 3.05) is 14.1 Å². The van der Waals surface area contributed by atoms with E-state index < -0.39 is 33.7 Å². The largest absolute Gasteiger partial charge is 0.345 e. The molecule has 1 amide bonds. The maximum absolute atomic E-state index is 13.5. The number of nitrogens with zero attached hydrogens (tertiary/aromatic N) is 2. The van der Waals surface area contributed by atoms with E-state index in [2.05, 4.69) is 0 Å². The minimum Gasteiger partial charge on any atom is -0.345 e. The monoisotopic (exact) mass is 230 g/mol. The highest BCUT2D eigenvalue weighted by atomic mass is 19.1. The van der Waals surface area contributed by atoms with Gasteiger partial charge in [-0.3, -0.25) is 14.9 Å². The van der Waals surface area contributed by atoms with Crippen molar-refractivity contribution >= 4 is 11.6 Å². The molecule has 0 radical (unpaired) electrons. The number of halogens is 2. The highest BCUT2D eigenvalue weighted by molar-refractivity contribution is 5.95. The normalized spacial score (nSPS) is 10.0. The van der Waals surface area contributed by atoms with Crippen LogP contribution in [0.25, 0.3) is 0 Å². The molecule has 0 unspecified atom stereocenters. The molecule has 0 aromatic heterocycles. The van der Waals surface area contributed by atoms with E-state index in [0.717, 1.165) is 4.90 Å².